The Morgan fingerprint density at radius 2 is 2.00 bits per heavy atom. The minimum atomic E-state index is 0.767. The summed E-state index contributed by atoms with van der Waals surface area (Å²) in [6.07, 6.45) is 2.10. The zero-order valence-electron chi connectivity index (χ0n) is 10.8. The van der Waals surface area contributed by atoms with Crippen molar-refractivity contribution >= 4 is 11.6 Å². The maximum Gasteiger partial charge on any atom is 0.0659 e. The maximum absolute atomic E-state index is 5.87. The molecule has 1 aromatic carbocycles. The van der Waals surface area contributed by atoms with Crippen LogP contribution >= 0.6 is 11.6 Å². The van der Waals surface area contributed by atoms with E-state index in [1.807, 2.05) is 35.9 Å². The Balaban J connectivity index is 2.07. The zero-order valence-corrected chi connectivity index (χ0v) is 11.5. The van der Waals surface area contributed by atoms with Crippen molar-refractivity contribution in [3.8, 4) is 0 Å². The van der Waals surface area contributed by atoms with Crippen LogP contribution in [-0.2, 0) is 13.1 Å². The molecule has 2 aromatic rings. The van der Waals surface area contributed by atoms with Gasteiger partial charge in [-0.2, -0.15) is 5.10 Å². The topological polar surface area (TPSA) is 29.9 Å². The second kappa shape index (κ2) is 6.03. The lowest BCUT2D eigenvalue weighted by Gasteiger charge is -2.01. The van der Waals surface area contributed by atoms with E-state index in [9.17, 15) is 0 Å². The standard InChI is InChI=1S/C14H18ClN3/c1-3-16-8-13-10-18(17-11(13)2)9-12-4-6-14(15)7-5-12/h4-7,10,16H,3,8-9H2,1-2H3. The molecule has 0 unspecified atom stereocenters. The lowest BCUT2D eigenvalue weighted by Crippen LogP contribution is -2.11. The van der Waals surface area contributed by atoms with E-state index in [-0.39, 0.29) is 0 Å². The number of aromatic nitrogens is 2. The molecule has 1 aromatic heterocycles. The Hall–Kier alpha value is -1.32. The summed E-state index contributed by atoms with van der Waals surface area (Å²) < 4.78 is 1.98. The molecule has 4 heteroatoms. The molecular weight excluding hydrogens is 246 g/mol. The Morgan fingerprint density at radius 3 is 2.67 bits per heavy atom. The molecule has 1 heterocycles. The molecule has 18 heavy (non-hydrogen) atoms. The molecule has 96 valence electrons. The summed E-state index contributed by atoms with van der Waals surface area (Å²) in [5.74, 6) is 0. The van der Waals surface area contributed by atoms with Crippen LogP contribution in [0, 0.1) is 6.92 Å². The molecule has 2 rings (SSSR count). The second-order valence-corrected chi connectivity index (χ2v) is 4.78. The van der Waals surface area contributed by atoms with Gasteiger partial charge in [-0.3, -0.25) is 4.68 Å². The van der Waals surface area contributed by atoms with Crippen molar-refractivity contribution in [3.63, 3.8) is 0 Å². The molecule has 0 fully saturated rings. The molecule has 0 radical (unpaired) electrons. The summed E-state index contributed by atoms with van der Waals surface area (Å²) in [5.41, 5.74) is 3.55. The second-order valence-electron chi connectivity index (χ2n) is 4.34. The van der Waals surface area contributed by atoms with E-state index < -0.39 is 0 Å². The Labute approximate surface area is 113 Å². The summed E-state index contributed by atoms with van der Waals surface area (Å²) in [5, 5.41) is 8.61. The fourth-order valence-electron chi connectivity index (χ4n) is 1.85. The highest BCUT2D eigenvalue weighted by atomic mass is 35.5. The van der Waals surface area contributed by atoms with E-state index in [0.29, 0.717) is 0 Å². The maximum atomic E-state index is 5.87. The molecule has 0 spiro atoms. The van der Waals surface area contributed by atoms with Crippen LogP contribution in [0.2, 0.25) is 5.02 Å². The number of halogens is 1. The predicted octanol–water partition coefficient (Wildman–Crippen LogP) is 3.00. The first-order valence-electron chi connectivity index (χ1n) is 6.17. The number of aryl methyl sites for hydroxylation is 1. The van der Waals surface area contributed by atoms with Gasteiger partial charge >= 0.3 is 0 Å². The van der Waals surface area contributed by atoms with Crippen LogP contribution in [0.1, 0.15) is 23.7 Å². The van der Waals surface area contributed by atoms with Crippen molar-refractivity contribution in [2.24, 2.45) is 0 Å². The fraction of sp³-hybridized carbons (Fsp3) is 0.357. The average Bonchev–Trinajstić information content (AvgIpc) is 2.70. The molecule has 0 amide bonds. The van der Waals surface area contributed by atoms with E-state index in [2.05, 4.69) is 23.5 Å². The van der Waals surface area contributed by atoms with Crippen molar-refractivity contribution in [2.75, 3.05) is 6.54 Å². The largest absolute Gasteiger partial charge is 0.313 e. The fourth-order valence-corrected chi connectivity index (χ4v) is 1.98. The Morgan fingerprint density at radius 1 is 1.28 bits per heavy atom. The molecule has 0 aliphatic heterocycles. The van der Waals surface area contributed by atoms with Gasteiger partial charge in [0.1, 0.15) is 0 Å². The first-order valence-corrected chi connectivity index (χ1v) is 6.55. The Kier molecular flexibility index (Phi) is 4.39. The quantitative estimate of drug-likeness (QED) is 0.899. The summed E-state index contributed by atoms with van der Waals surface area (Å²) in [6, 6.07) is 7.88. The lowest BCUT2D eigenvalue weighted by atomic mass is 10.2. The third-order valence-electron chi connectivity index (χ3n) is 2.87. The third kappa shape index (κ3) is 3.34. The van der Waals surface area contributed by atoms with Gasteiger partial charge in [0.15, 0.2) is 0 Å². The lowest BCUT2D eigenvalue weighted by molar-refractivity contribution is 0.678. The van der Waals surface area contributed by atoms with Gasteiger partial charge in [-0.05, 0) is 31.2 Å². The zero-order chi connectivity index (χ0) is 13.0. The number of nitrogens with one attached hydrogen (secondary N) is 1. The number of rotatable bonds is 5. The van der Waals surface area contributed by atoms with Crippen LogP contribution in [0.15, 0.2) is 30.5 Å². The smallest absolute Gasteiger partial charge is 0.0659 e. The number of benzene rings is 1. The first-order chi connectivity index (χ1) is 8.69. The highest BCUT2D eigenvalue weighted by Crippen LogP contribution is 2.12. The summed E-state index contributed by atoms with van der Waals surface area (Å²) >= 11 is 5.87. The van der Waals surface area contributed by atoms with Crippen LogP contribution in [0.25, 0.3) is 0 Å². The van der Waals surface area contributed by atoms with E-state index in [4.69, 9.17) is 11.6 Å². The molecule has 1 N–H and O–H groups in total. The van der Waals surface area contributed by atoms with Gasteiger partial charge in [-0.15, -0.1) is 0 Å². The van der Waals surface area contributed by atoms with Crippen molar-refractivity contribution in [1.29, 1.82) is 0 Å². The molecular formula is C14H18ClN3. The van der Waals surface area contributed by atoms with Crippen LogP contribution in [0.4, 0.5) is 0 Å². The third-order valence-corrected chi connectivity index (χ3v) is 3.12. The minimum Gasteiger partial charge on any atom is -0.313 e. The van der Waals surface area contributed by atoms with Gasteiger partial charge in [-0.25, -0.2) is 0 Å². The number of hydrogen-bond acceptors (Lipinski definition) is 2. The van der Waals surface area contributed by atoms with E-state index in [1.165, 1.54) is 11.1 Å². The van der Waals surface area contributed by atoms with Crippen LogP contribution < -0.4 is 5.32 Å². The van der Waals surface area contributed by atoms with Gasteiger partial charge in [0, 0.05) is 23.3 Å². The molecule has 0 saturated carbocycles. The predicted molar refractivity (Wildman–Crippen MR) is 74.9 cm³/mol. The monoisotopic (exact) mass is 263 g/mol. The highest BCUT2D eigenvalue weighted by molar-refractivity contribution is 6.30. The average molecular weight is 264 g/mol. The van der Waals surface area contributed by atoms with Crippen molar-refractivity contribution in [3.05, 3.63) is 52.3 Å². The van der Waals surface area contributed by atoms with E-state index >= 15 is 0 Å². The Bertz CT molecular complexity index is 502. The first kappa shape index (κ1) is 13.1. The van der Waals surface area contributed by atoms with Gasteiger partial charge in [0.2, 0.25) is 0 Å². The molecule has 3 nitrogen and oxygen atoms in total. The molecule has 0 aliphatic carbocycles. The van der Waals surface area contributed by atoms with Gasteiger partial charge in [0.25, 0.3) is 0 Å². The van der Waals surface area contributed by atoms with Gasteiger partial charge in [-0.1, -0.05) is 30.7 Å². The van der Waals surface area contributed by atoms with Crippen molar-refractivity contribution in [1.82, 2.24) is 15.1 Å². The normalized spacial score (nSPS) is 10.8. The van der Waals surface area contributed by atoms with Crippen molar-refractivity contribution < 1.29 is 0 Å². The van der Waals surface area contributed by atoms with Crippen molar-refractivity contribution in [2.45, 2.75) is 26.9 Å². The minimum absolute atomic E-state index is 0.767. The summed E-state index contributed by atoms with van der Waals surface area (Å²) in [4.78, 5) is 0. The number of nitrogens with zero attached hydrogens (tertiary/aromatic N) is 2. The van der Waals surface area contributed by atoms with Gasteiger partial charge in [0.05, 0.1) is 12.2 Å². The molecule has 0 atom stereocenters. The summed E-state index contributed by atoms with van der Waals surface area (Å²) in [7, 11) is 0. The van der Waals surface area contributed by atoms with E-state index in [1.54, 1.807) is 0 Å². The molecule has 0 aliphatic rings. The highest BCUT2D eigenvalue weighted by Gasteiger charge is 2.04. The molecule has 0 saturated heterocycles. The van der Waals surface area contributed by atoms with E-state index in [0.717, 1.165) is 30.4 Å². The molecule has 0 bridgehead atoms. The SMILES string of the molecule is CCNCc1cn(Cc2ccc(Cl)cc2)nc1C. The van der Waals surface area contributed by atoms with Gasteiger partial charge < -0.3 is 5.32 Å². The van der Waals surface area contributed by atoms with Crippen LogP contribution in [0.3, 0.4) is 0 Å². The summed E-state index contributed by atoms with van der Waals surface area (Å²) in [6.45, 7) is 6.79. The van der Waals surface area contributed by atoms with Crippen LogP contribution in [0.5, 0.6) is 0 Å². The van der Waals surface area contributed by atoms with Crippen LogP contribution in [-0.4, -0.2) is 16.3 Å². The number of hydrogen-bond donors (Lipinski definition) is 1.